The molecule has 2 amide bonds. The quantitative estimate of drug-likeness (QED) is 0.334. The average Bonchev–Trinajstić information content (AvgIpc) is 3.11. The normalized spacial score (nSPS) is 18.8. The van der Waals surface area contributed by atoms with Crippen LogP contribution in [-0.2, 0) is 4.79 Å². The van der Waals surface area contributed by atoms with Crippen LogP contribution >= 0.6 is 11.6 Å². The van der Waals surface area contributed by atoms with E-state index in [0.717, 1.165) is 0 Å². The first-order chi connectivity index (χ1) is 12.7. The molecule has 1 aliphatic rings. The van der Waals surface area contributed by atoms with Crippen molar-refractivity contribution in [1.29, 1.82) is 0 Å². The zero-order valence-electron chi connectivity index (χ0n) is 15.0. The topological polar surface area (TPSA) is 136 Å². The number of carboxylic acid groups (broad SMARTS) is 1. The van der Waals surface area contributed by atoms with Gasteiger partial charge in [-0.3, -0.25) is 4.79 Å². The van der Waals surface area contributed by atoms with E-state index in [-0.39, 0.29) is 31.2 Å². The summed E-state index contributed by atoms with van der Waals surface area (Å²) < 4.78 is 0. The lowest BCUT2D eigenvalue weighted by atomic mass is 9.77. The summed E-state index contributed by atoms with van der Waals surface area (Å²) >= 11 is 5.82. The Balaban J connectivity index is 1.93. The molecule has 0 aliphatic carbocycles. The van der Waals surface area contributed by atoms with Crippen LogP contribution < -0.4 is 11.1 Å². The molecule has 8 nitrogen and oxygen atoms in total. The van der Waals surface area contributed by atoms with Crippen LogP contribution in [0.1, 0.15) is 25.7 Å². The molecule has 0 aromatic heterocycles. The van der Waals surface area contributed by atoms with Crippen LogP contribution in [0.4, 0.5) is 10.5 Å². The summed E-state index contributed by atoms with van der Waals surface area (Å²) in [6.07, 6.45) is 1.83. The molecule has 2 rings (SSSR count). The van der Waals surface area contributed by atoms with Crippen molar-refractivity contribution in [2.75, 3.05) is 18.4 Å². The third-order valence-corrected chi connectivity index (χ3v) is 5.25. The number of rotatable bonds is 8. The second-order valence-corrected chi connectivity index (χ2v) is 7.38. The van der Waals surface area contributed by atoms with Crippen molar-refractivity contribution in [3.8, 4) is 0 Å². The Morgan fingerprint density at radius 2 is 1.96 bits per heavy atom. The predicted molar refractivity (Wildman–Crippen MR) is 104 cm³/mol. The molecule has 6 N–H and O–H groups in total. The van der Waals surface area contributed by atoms with Gasteiger partial charge in [0.2, 0.25) is 0 Å². The molecule has 10 heteroatoms. The van der Waals surface area contributed by atoms with Crippen LogP contribution in [0.15, 0.2) is 24.3 Å². The van der Waals surface area contributed by atoms with Crippen molar-refractivity contribution in [1.82, 2.24) is 4.90 Å². The van der Waals surface area contributed by atoms with E-state index in [4.69, 9.17) is 27.4 Å². The van der Waals surface area contributed by atoms with E-state index in [2.05, 4.69) is 5.32 Å². The SMILES string of the molecule is NC(CCCCB(O)O)(C(=O)O)C1CCN(C(=O)Nc2ccc(Cl)cc2)C1. The number of benzene rings is 1. The van der Waals surface area contributed by atoms with E-state index < -0.39 is 18.6 Å². The van der Waals surface area contributed by atoms with Crippen molar-refractivity contribution in [2.24, 2.45) is 11.7 Å². The van der Waals surface area contributed by atoms with Crippen LogP contribution in [0.2, 0.25) is 11.3 Å². The molecule has 2 atom stereocenters. The van der Waals surface area contributed by atoms with E-state index in [1.165, 1.54) is 0 Å². The standard InChI is InChI=1S/C17H25BClN3O5/c19-13-3-5-14(6-4-13)21-16(25)22-10-7-12(11-22)17(20,15(23)24)8-1-2-9-18(26)27/h3-6,12,26-27H,1-2,7-11,20H2,(H,21,25)(H,23,24). The fraction of sp³-hybridized carbons (Fsp3) is 0.529. The lowest BCUT2D eigenvalue weighted by molar-refractivity contribution is -0.145. The van der Waals surface area contributed by atoms with Crippen LogP contribution in [-0.4, -0.2) is 57.8 Å². The number of anilines is 1. The molecule has 1 fully saturated rings. The van der Waals surface area contributed by atoms with Gasteiger partial charge in [0.25, 0.3) is 0 Å². The number of halogens is 1. The maximum atomic E-state index is 12.4. The number of hydrogen-bond donors (Lipinski definition) is 5. The van der Waals surface area contributed by atoms with E-state index in [1.807, 2.05) is 0 Å². The van der Waals surface area contributed by atoms with Gasteiger partial charge in [-0.15, -0.1) is 0 Å². The third-order valence-electron chi connectivity index (χ3n) is 5.00. The highest BCUT2D eigenvalue weighted by molar-refractivity contribution is 6.40. The third kappa shape index (κ3) is 5.84. The Kier molecular flexibility index (Phi) is 7.49. The van der Waals surface area contributed by atoms with E-state index in [0.29, 0.717) is 36.5 Å². The van der Waals surface area contributed by atoms with Crippen LogP contribution in [0.25, 0.3) is 0 Å². The number of likely N-dealkylation sites (tertiary alicyclic amines) is 1. The van der Waals surface area contributed by atoms with Crippen molar-refractivity contribution in [3.05, 3.63) is 29.3 Å². The fourth-order valence-electron chi connectivity index (χ4n) is 3.33. The molecule has 0 spiro atoms. The van der Waals surface area contributed by atoms with Gasteiger partial charge in [0, 0.05) is 29.7 Å². The average molecular weight is 398 g/mol. The number of hydrogen-bond acceptors (Lipinski definition) is 5. The summed E-state index contributed by atoms with van der Waals surface area (Å²) in [5.41, 5.74) is 5.35. The number of carbonyl (C=O) groups is 2. The monoisotopic (exact) mass is 397 g/mol. The molecule has 1 saturated heterocycles. The number of carbonyl (C=O) groups excluding carboxylic acids is 1. The summed E-state index contributed by atoms with van der Waals surface area (Å²) in [5, 5.41) is 30.7. The molecular weight excluding hydrogens is 372 g/mol. The highest BCUT2D eigenvalue weighted by Crippen LogP contribution is 2.31. The Morgan fingerprint density at radius 3 is 2.56 bits per heavy atom. The number of nitrogens with two attached hydrogens (primary N) is 1. The van der Waals surface area contributed by atoms with Gasteiger partial charge in [-0.25, -0.2) is 4.79 Å². The fourth-order valence-corrected chi connectivity index (χ4v) is 3.46. The molecule has 0 bridgehead atoms. The van der Waals surface area contributed by atoms with E-state index >= 15 is 0 Å². The zero-order valence-corrected chi connectivity index (χ0v) is 15.7. The summed E-state index contributed by atoms with van der Waals surface area (Å²) in [6, 6.07) is 6.41. The maximum absolute atomic E-state index is 12.4. The van der Waals surface area contributed by atoms with Crippen molar-refractivity contribution in [2.45, 2.75) is 37.5 Å². The van der Waals surface area contributed by atoms with Crippen molar-refractivity contribution >= 4 is 36.4 Å². The predicted octanol–water partition coefficient (Wildman–Crippen LogP) is 1.62. The largest absolute Gasteiger partial charge is 0.480 e. The Bertz CT molecular complexity index is 660. The lowest BCUT2D eigenvalue weighted by Gasteiger charge is -2.31. The number of carboxylic acids is 1. The molecule has 0 radical (unpaired) electrons. The van der Waals surface area contributed by atoms with Gasteiger partial charge in [-0.2, -0.15) is 0 Å². The number of nitrogens with one attached hydrogen (secondary N) is 1. The van der Waals surface area contributed by atoms with Gasteiger partial charge in [-0.05, 0) is 43.4 Å². The van der Waals surface area contributed by atoms with Crippen LogP contribution in [0.5, 0.6) is 0 Å². The van der Waals surface area contributed by atoms with Gasteiger partial charge < -0.3 is 31.1 Å². The second kappa shape index (κ2) is 9.41. The van der Waals surface area contributed by atoms with Gasteiger partial charge in [0.1, 0.15) is 5.54 Å². The van der Waals surface area contributed by atoms with Crippen molar-refractivity contribution in [3.63, 3.8) is 0 Å². The summed E-state index contributed by atoms with van der Waals surface area (Å²) in [7, 11) is -1.40. The van der Waals surface area contributed by atoms with Crippen molar-refractivity contribution < 1.29 is 24.7 Å². The van der Waals surface area contributed by atoms with Gasteiger partial charge in [0.15, 0.2) is 0 Å². The van der Waals surface area contributed by atoms with Gasteiger partial charge in [0.05, 0.1) is 0 Å². The minimum absolute atomic E-state index is 0.177. The Morgan fingerprint density at radius 1 is 1.30 bits per heavy atom. The highest BCUT2D eigenvalue weighted by Gasteiger charge is 2.45. The Labute approximate surface area is 163 Å². The van der Waals surface area contributed by atoms with E-state index in [1.54, 1.807) is 29.2 Å². The molecule has 1 aliphatic heterocycles. The molecular formula is C17H25BClN3O5. The first kappa shape index (κ1) is 21.5. The highest BCUT2D eigenvalue weighted by atomic mass is 35.5. The first-order valence-electron chi connectivity index (χ1n) is 8.92. The molecule has 1 aromatic rings. The summed E-state index contributed by atoms with van der Waals surface area (Å²) in [5.74, 6) is -1.47. The van der Waals surface area contributed by atoms with Gasteiger partial charge >= 0.3 is 19.1 Å². The zero-order chi connectivity index (χ0) is 20.0. The smallest absolute Gasteiger partial charge is 0.451 e. The number of urea groups is 1. The molecule has 1 aromatic carbocycles. The summed E-state index contributed by atoms with van der Waals surface area (Å²) in [6.45, 7) is 0.677. The number of nitrogens with zero attached hydrogens (tertiary/aromatic N) is 1. The molecule has 148 valence electrons. The number of amides is 2. The minimum atomic E-state index is -1.45. The Hall–Kier alpha value is -1.81. The lowest BCUT2D eigenvalue weighted by Crippen LogP contribution is -2.55. The molecule has 27 heavy (non-hydrogen) atoms. The van der Waals surface area contributed by atoms with Gasteiger partial charge in [-0.1, -0.05) is 24.4 Å². The number of unbranched alkanes of at least 4 members (excludes halogenated alkanes) is 1. The second-order valence-electron chi connectivity index (χ2n) is 6.94. The molecule has 1 heterocycles. The molecule has 2 unspecified atom stereocenters. The molecule has 0 saturated carbocycles. The van der Waals surface area contributed by atoms with Crippen LogP contribution in [0, 0.1) is 5.92 Å². The van der Waals surface area contributed by atoms with Crippen LogP contribution in [0.3, 0.4) is 0 Å². The minimum Gasteiger partial charge on any atom is -0.480 e. The maximum Gasteiger partial charge on any atom is 0.451 e. The van der Waals surface area contributed by atoms with E-state index in [9.17, 15) is 14.7 Å². The summed E-state index contributed by atoms with van der Waals surface area (Å²) in [4.78, 5) is 25.8. The number of aliphatic carboxylic acids is 1. The first-order valence-corrected chi connectivity index (χ1v) is 9.30.